The second kappa shape index (κ2) is 3.76. The van der Waals surface area contributed by atoms with Crippen LogP contribution in [0.5, 0.6) is 0 Å². The average molecular weight is 241 g/mol. The van der Waals surface area contributed by atoms with Crippen molar-refractivity contribution in [2.45, 2.75) is 5.54 Å². The molecular formula is C11H13ClN2S. The summed E-state index contributed by atoms with van der Waals surface area (Å²) < 4.78 is 1.34. The molecule has 1 fully saturated rings. The molecule has 2 heterocycles. The van der Waals surface area contributed by atoms with Crippen LogP contribution in [-0.2, 0) is 5.54 Å². The highest BCUT2D eigenvalue weighted by molar-refractivity contribution is 7.17. The Morgan fingerprint density at radius 2 is 2.07 bits per heavy atom. The van der Waals surface area contributed by atoms with Gasteiger partial charge in [-0.2, -0.15) is 0 Å². The molecule has 0 aliphatic carbocycles. The van der Waals surface area contributed by atoms with Crippen LogP contribution >= 0.6 is 23.7 Å². The molecule has 3 rings (SSSR count). The zero-order chi connectivity index (χ0) is 9.60. The lowest BCUT2D eigenvalue weighted by Gasteiger charge is -2.39. The van der Waals surface area contributed by atoms with E-state index in [9.17, 15) is 0 Å². The summed E-state index contributed by atoms with van der Waals surface area (Å²) >= 11 is 1.78. The van der Waals surface area contributed by atoms with Crippen LogP contribution in [-0.4, -0.2) is 13.1 Å². The monoisotopic (exact) mass is 240 g/mol. The lowest BCUT2D eigenvalue weighted by atomic mass is 9.85. The first-order chi connectivity index (χ1) is 6.78. The first-order valence-electron chi connectivity index (χ1n) is 4.75. The molecule has 4 heteroatoms. The highest BCUT2D eigenvalue weighted by atomic mass is 35.5. The summed E-state index contributed by atoms with van der Waals surface area (Å²) in [5, 5.41) is 6.65. The first kappa shape index (κ1) is 10.9. The van der Waals surface area contributed by atoms with E-state index in [0.29, 0.717) is 0 Å². The second-order valence-corrected chi connectivity index (χ2v) is 4.88. The minimum absolute atomic E-state index is 0. The Morgan fingerprint density at radius 3 is 2.73 bits per heavy atom. The Hall–Kier alpha value is -0.610. The van der Waals surface area contributed by atoms with Crippen molar-refractivity contribution >= 4 is 33.8 Å². The molecule has 1 aromatic heterocycles. The predicted octanol–water partition coefficient (Wildman–Crippen LogP) is 2.08. The number of fused-ring (bicyclic) bond motifs is 1. The van der Waals surface area contributed by atoms with Gasteiger partial charge in [0.05, 0.1) is 5.54 Å². The normalized spacial score (nSPS) is 18.2. The smallest absolute Gasteiger partial charge is 0.0662 e. The number of nitrogens with one attached hydrogen (secondary N) is 1. The Bertz CT molecular complexity index is 476. The number of benzene rings is 1. The molecule has 1 aromatic carbocycles. The summed E-state index contributed by atoms with van der Waals surface area (Å²) in [6, 6.07) is 8.69. The van der Waals surface area contributed by atoms with Gasteiger partial charge in [0.2, 0.25) is 0 Å². The van der Waals surface area contributed by atoms with Crippen molar-refractivity contribution in [3.63, 3.8) is 0 Å². The van der Waals surface area contributed by atoms with Crippen molar-refractivity contribution in [2.24, 2.45) is 5.73 Å². The molecule has 0 amide bonds. The quantitative estimate of drug-likeness (QED) is 0.801. The van der Waals surface area contributed by atoms with E-state index in [-0.39, 0.29) is 17.9 Å². The summed E-state index contributed by atoms with van der Waals surface area (Å²) in [6.45, 7) is 1.78. The SMILES string of the molecule is Cl.NC1(c2ccc3sccc3c2)CNC1. The molecular weight excluding hydrogens is 228 g/mol. The van der Waals surface area contributed by atoms with Gasteiger partial charge in [-0.25, -0.2) is 0 Å². The van der Waals surface area contributed by atoms with Gasteiger partial charge in [0.25, 0.3) is 0 Å². The van der Waals surface area contributed by atoms with Crippen LogP contribution in [0.3, 0.4) is 0 Å². The lowest BCUT2D eigenvalue weighted by molar-refractivity contribution is 0.287. The van der Waals surface area contributed by atoms with Crippen molar-refractivity contribution in [3.05, 3.63) is 35.2 Å². The molecule has 2 nitrogen and oxygen atoms in total. The third-order valence-electron chi connectivity index (χ3n) is 2.91. The van der Waals surface area contributed by atoms with Crippen molar-refractivity contribution < 1.29 is 0 Å². The molecule has 0 bridgehead atoms. The van der Waals surface area contributed by atoms with Crippen LogP contribution in [0.15, 0.2) is 29.6 Å². The van der Waals surface area contributed by atoms with Gasteiger partial charge < -0.3 is 11.1 Å². The number of hydrogen-bond donors (Lipinski definition) is 2. The Balaban J connectivity index is 0.000000853. The highest BCUT2D eigenvalue weighted by Crippen LogP contribution is 2.28. The van der Waals surface area contributed by atoms with E-state index in [0.717, 1.165) is 13.1 Å². The van der Waals surface area contributed by atoms with Crippen LogP contribution in [0, 0.1) is 0 Å². The summed E-state index contributed by atoms with van der Waals surface area (Å²) in [4.78, 5) is 0. The van der Waals surface area contributed by atoms with Gasteiger partial charge in [-0.1, -0.05) is 6.07 Å². The zero-order valence-electron chi connectivity index (χ0n) is 8.19. The average Bonchev–Trinajstić information content (AvgIpc) is 2.60. The van der Waals surface area contributed by atoms with Gasteiger partial charge in [-0.05, 0) is 34.5 Å². The molecule has 0 saturated carbocycles. The van der Waals surface area contributed by atoms with Gasteiger partial charge in [0.15, 0.2) is 0 Å². The number of hydrogen-bond acceptors (Lipinski definition) is 3. The van der Waals surface area contributed by atoms with E-state index in [1.54, 1.807) is 11.3 Å². The second-order valence-electron chi connectivity index (χ2n) is 3.93. The zero-order valence-corrected chi connectivity index (χ0v) is 9.83. The molecule has 0 spiro atoms. The van der Waals surface area contributed by atoms with E-state index < -0.39 is 0 Å². The third kappa shape index (κ3) is 1.66. The van der Waals surface area contributed by atoms with Crippen molar-refractivity contribution in [1.29, 1.82) is 0 Å². The minimum Gasteiger partial charge on any atom is -0.319 e. The van der Waals surface area contributed by atoms with Crippen molar-refractivity contribution in [2.75, 3.05) is 13.1 Å². The summed E-state index contributed by atoms with van der Waals surface area (Å²) in [6.07, 6.45) is 0. The number of nitrogens with two attached hydrogens (primary N) is 1. The van der Waals surface area contributed by atoms with Crippen LogP contribution in [0.4, 0.5) is 0 Å². The molecule has 1 aliphatic rings. The maximum atomic E-state index is 6.22. The summed E-state index contributed by atoms with van der Waals surface area (Å²) in [5.74, 6) is 0. The molecule has 3 N–H and O–H groups in total. The van der Waals surface area contributed by atoms with Gasteiger partial charge in [0, 0.05) is 17.8 Å². The number of rotatable bonds is 1. The standard InChI is InChI=1S/C11H12N2S.ClH/c12-11(6-13-7-11)9-1-2-10-8(5-9)3-4-14-10;/h1-5,13H,6-7,12H2;1H. The van der Waals surface area contributed by atoms with Gasteiger partial charge >= 0.3 is 0 Å². The van der Waals surface area contributed by atoms with Crippen LogP contribution in [0.1, 0.15) is 5.56 Å². The fraction of sp³-hybridized carbons (Fsp3) is 0.273. The van der Waals surface area contributed by atoms with E-state index in [4.69, 9.17) is 5.73 Å². The van der Waals surface area contributed by atoms with Crippen LogP contribution < -0.4 is 11.1 Å². The highest BCUT2D eigenvalue weighted by Gasteiger charge is 2.34. The van der Waals surface area contributed by atoms with Gasteiger partial charge in [0.1, 0.15) is 0 Å². The fourth-order valence-electron chi connectivity index (χ4n) is 1.87. The largest absolute Gasteiger partial charge is 0.319 e. The maximum Gasteiger partial charge on any atom is 0.0662 e. The topological polar surface area (TPSA) is 38.0 Å². The molecule has 0 radical (unpaired) electrons. The minimum atomic E-state index is -0.129. The van der Waals surface area contributed by atoms with Crippen LogP contribution in [0.2, 0.25) is 0 Å². The van der Waals surface area contributed by atoms with E-state index in [2.05, 4.69) is 35.0 Å². The van der Waals surface area contributed by atoms with Crippen LogP contribution in [0.25, 0.3) is 10.1 Å². The molecule has 80 valence electrons. The number of halogens is 1. The Morgan fingerprint density at radius 1 is 1.27 bits per heavy atom. The molecule has 2 aromatic rings. The lowest BCUT2D eigenvalue weighted by Crippen LogP contribution is -2.62. The third-order valence-corrected chi connectivity index (χ3v) is 3.81. The molecule has 15 heavy (non-hydrogen) atoms. The summed E-state index contributed by atoms with van der Waals surface area (Å²) in [7, 11) is 0. The van der Waals surface area contributed by atoms with Gasteiger partial charge in [-0.15, -0.1) is 23.7 Å². The fourth-order valence-corrected chi connectivity index (χ4v) is 2.65. The summed E-state index contributed by atoms with van der Waals surface area (Å²) in [5.41, 5.74) is 7.35. The Labute approximate surface area is 98.9 Å². The first-order valence-corrected chi connectivity index (χ1v) is 5.63. The Kier molecular flexibility index (Phi) is 2.73. The van der Waals surface area contributed by atoms with E-state index in [1.807, 2.05) is 0 Å². The number of thiophene rings is 1. The molecule has 1 aliphatic heterocycles. The predicted molar refractivity (Wildman–Crippen MR) is 67.8 cm³/mol. The molecule has 1 saturated heterocycles. The maximum absolute atomic E-state index is 6.22. The van der Waals surface area contributed by atoms with Crippen molar-refractivity contribution in [1.82, 2.24) is 5.32 Å². The van der Waals surface area contributed by atoms with E-state index in [1.165, 1.54) is 15.6 Å². The van der Waals surface area contributed by atoms with E-state index >= 15 is 0 Å². The van der Waals surface area contributed by atoms with Gasteiger partial charge in [-0.3, -0.25) is 0 Å². The molecule has 0 unspecified atom stereocenters. The van der Waals surface area contributed by atoms with Crippen molar-refractivity contribution in [3.8, 4) is 0 Å². The molecule has 0 atom stereocenters.